The SMILES string of the molecule is CNC(=O)c1ccc(N2CC3CC(C2)N3)cn1. The van der Waals surface area contributed by atoms with Gasteiger partial charge in [-0.1, -0.05) is 0 Å². The van der Waals surface area contributed by atoms with E-state index >= 15 is 0 Å². The second-order valence-corrected chi connectivity index (χ2v) is 4.68. The Bertz CT molecular complexity index is 415. The average molecular weight is 232 g/mol. The molecule has 4 rings (SSSR count). The minimum Gasteiger partial charge on any atom is -0.367 e. The summed E-state index contributed by atoms with van der Waals surface area (Å²) < 4.78 is 0. The maximum absolute atomic E-state index is 11.4. The van der Waals surface area contributed by atoms with Crippen LogP contribution >= 0.6 is 0 Å². The van der Waals surface area contributed by atoms with Crippen LogP contribution in [0, 0.1) is 0 Å². The van der Waals surface area contributed by atoms with Gasteiger partial charge in [0.15, 0.2) is 0 Å². The smallest absolute Gasteiger partial charge is 0.269 e. The molecule has 5 nitrogen and oxygen atoms in total. The third kappa shape index (κ3) is 1.86. The maximum Gasteiger partial charge on any atom is 0.269 e. The molecule has 2 atom stereocenters. The number of pyridine rings is 1. The van der Waals surface area contributed by atoms with E-state index < -0.39 is 0 Å². The Morgan fingerprint density at radius 1 is 1.47 bits per heavy atom. The van der Waals surface area contributed by atoms with E-state index in [1.807, 2.05) is 6.07 Å². The lowest BCUT2D eigenvalue weighted by molar-refractivity contribution is 0.0958. The van der Waals surface area contributed by atoms with E-state index in [2.05, 4.69) is 20.5 Å². The summed E-state index contributed by atoms with van der Waals surface area (Å²) in [5, 5.41) is 6.06. The van der Waals surface area contributed by atoms with Crippen molar-refractivity contribution in [1.82, 2.24) is 15.6 Å². The highest BCUT2D eigenvalue weighted by Gasteiger charge is 2.36. The minimum absolute atomic E-state index is 0.139. The van der Waals surface area contributed by atoms with Crippen molar-refractivity contribution >= 4 is 11.6 Å². The summed E-state index contributed by atoms with van der Waals surface area (Å²) in [7, 11) is 1.61. The van der Waals surface area contributed by atoms with E-state index in [1.54, 1.807) is 19.3 Å². The molecule has 5 heteroatoms. The number of hydrogen-bond donors (Lipinski definition) is 2. The quantitative estimate of drug-likeness (QED) is 0.753. The van der Waals surface area contributed by atoms with Crippen molar-refractivity contribution in [2.75, 3.05) is 25.0 Å². The van der Waals surface area contributed by atoms with Crippen LogP contribution in [0.15, 0.2) is 18.3 Å². The average Bonchev–Trinajstić information content (AvgIpc) is 2.37. The second kappa shape index (κ2) is 4.00. The molecule has 3 aliphatic rings. The van der Waals surface area contributed by atoms with E-state index in [4.69, 9.17) is 0 Å². The highest BCUT2D eigenvalue weighted by atomic mass is 16.1. The van der Waals surface area contributed by atoms with E-state index in [0.29, 0.717) is 17.8 Å². The molecule has 3 fully saturated rings. The molecule has 1 amide bonds. The van der Waals surface area contributed by atoms with E-state index in [9.17, 15) is 4.79 Å². The molecule has 0 saturated carbocycles. The van der Waals surface area contributed by atoms with Crippen molar-refractivity contribution in [1.29, 1.82) is 0 Å². The fourth-order valence-electron chi connectivity index (χ4n) is 2.56. The zero-order valence-electron chi connectivity index (χ0n) is 9.81. The van der Waals surface area contributed by atoms with E-state index in [-0.39, 0.29) is 5.91 Å². The number of nitrogens with zero attached hydrogens (tertiary/aromatic N) is 2. The van der Waals surface area contributed by atoms with Gasteiger partial charge in [-0.25, -0.2) is 4.98 Å². The molecular formula is C12H16N4O. The summed E-state index contributed by atoms with van der Waals surface area (Å²) in [4.78, 5) is 17.9. The van der Waals surface area contributed by atoms with Crippen LogP contribution < -0.4 is 15.5 Å². The van der Waals surface area contributed by atoms with Crippen molar-refractivity contribution in [3.8, 4) is 0 Å². The maximum atomic E-state index is 11.4. The summed E-state index contributed by atoms with van der Waals surface area (Å²) in [6.45, 7) is 2.08. The van der Waals surface area contributed by atoms with Crippen LogP contribution in [0.2, 0.25) is 0 Å². The standard InChI is InChI=1S/C12H16N4O/c1-13-12(17)11-3-2-10(5-14-11)16-6-8-4-9(7-16)15-8/h2-3,5,8-9,15H,4,6-7H2,1H3,(H,13,17). The van der Waals surface area contributed by atoms with Crippen LogP contribution in [0.25, 0.3) is 0 Å². The highest BCUT2D eigenvalue weighted by molar-refractivity contribution is 5.92. The van der Waals surface area contributed by atoms with Gasteiger partial charge in [-0.15, -0.1) is 0 Å². The molecule has 90 valence electrons. The van der Waals surface area contributed by atoms with Crippen LogP contribution in [0.4, 0.5) is 5.69 Å². The van der Waals surface area contributed by atoms with Crippen LogP contribution in [0.5, 0.6) is 0 Å². The predicted molar refractivity (Wildman–Crippen MR) is 65.2 cm³/mol. The Hall–Kier alpha value is -1.62. The number of fused-ring (bicyclic) bond motifs is 2. The Morgan fingerprint density at radius 3 is 2.71 bits per heavy atom. The third-order valence-corrected chi connectivity index (χ3v) is 3.49. The number of rotatable bonds is 2. The highest BCUT2D eigenvalue weighted by Crippen LogP contribution is 2.25. The summed E-state index contributed by atoms with van der Waals surface area (Å²) in [5.41, 5.74) is 1.57. The van der Waals surface area contributed by atoms with Crippen LogP contribution in [0.1, 0.15) is 16.9 Å². The van der Waals surface area contributed by atoms with E-state index in [1.165, 1.54) is 6.42 Å². The number of carbonyl (C=O) groups is 1. The Kier molecular flexibility index (Phi) is 2.48. The molecular weight excluding hydrogens is 216 g/mol. The van der Waals surface area contributed by atoms with Gasteiger partial charge in [-0.05, 0) is 18.6 Å². The second-order valence-electron chi connectivity index (χ2n) is 4.68. The number of nitrogens with one attached hydrogen (secondary N) is 2. The van der Waals surface area contributed by atoms with Crippen LogP contribution in [-0.4, -0.2) is 43.1 Å². The lowest BCUT2D eigenvalue weighted by Gasteiger charge is -2.49. The summed E-state index contributed by atoms with van der Waals surface area (Å²) in [6.07, 6.45) is 3.08. The monoisotopic (exact) mass is 232 g/mol. The van der Waals surface area contributed by atoms with Gasteiger partial charge in [0.1, 0.15) is 5.69 Å². The zero-order chi connectivity index (χ0) is 11.8. The number of carbonyl (C=O) groups excluding carboxylic acids is 1. The number of anilines is 1. The number of piperazine rings is 1. The van der Waals surface area contributed by atoms with Gasteiger partial charge >= 0.3 is 0 Å². The first-order valence-electron chi connectivity index (χ1n) is 5.95. The van der Waals surface area contributed by atoms with Gasteiger partial charge in [-0.3, -0.25) is 4.79 Å². The van der Waals surface area contributed by atoms with Crippen molar-refractivity contribution in [3.63, 3.8) is 0 Å². The summed E-state index contributed by atoms with van der Waals surface area (Å²) >= 11 is 0. The van der Waals surface area contributed by atoms with Crippen molar-refractivity contribution in [2.45, 2.75) is 18.5 Å². The zero-order valence-corrected chi connectivity index (χ0v) is 9.81. The molecule has 3 saturated heterocycles. The lowest BCUT2D eigenvalue weighted by atomic mass is 9.91. The molecule has 4 heterocycles. The lowest BCUT2D eigenvalue weighted by Crippen LogP contribution is -2.67. The largest absolute Gasteiger partial charge is 0.367 e. The number of aromatic nitrogens is 1. The van der Waals surface area contributed by atoms with Crippen molar-refractivity contribution < 1.29 is 4.79 Å². The van der Waals surface area contributed by atoms with E-state index in [0.717, 1.165) is 18.8 Å². The summed E-state index contributed by atoms with van der Waals surface area (Å²) in [6, 6.07) is 5.02. The minimum atomic E-state index is -0.139. The number of piperidine rings is 1. The molecule has 1 aromatic heterocycles. The summed E-state index contributed by atoms with van der Waals surface area (Å²) in [5.74, 6) is -0.139. The van der Waals surface area contributed by atoms with Crippen molar-refractivity contribution in [3.05, 3.63) is 24.0 Å². The van der Waals surface area contributed by atoms with Gasteiger partial charge in [0.05, 0.1) is 11.9 Å². The molecule has 3 aliphatic heterocycles. The Morgan fingerprint density at radius 2 is 2.18 bits per heavy atom. The normalized spacial score (nSPS) is 26.3. The Labute approximate surface area is 100 Å². The van der Waals surface area contributed by atoms with Crippen LogP contribution in [-0.2, 0) is 0 Å². The fraction of sp³-hybridized carbons (Fsp3) is 0.500. The molecule has 2 bridgehead atoms. The molecule has 2 unspecified atom stereocenters. The fourth-order valence-corrected chi connectivity index (χ4v) is 2.56. The van der Waals surface area contributed by atoms with Gasteiger partial charge in [0.2, 0.25) is 0 Å². The molecule has 2 N–H and O–H groups in total. The number of amides is 1. The number of hydrogen-bond acceptors (Lipinski definition) is 4. The predicted octanol–water partition coefficient (Wildman–Crippen LogP) is -0.00830. The van der Waals surface area contributed by atoms with Gasteiger partial charge in [-0.2, -0.15) is 0 Å². The topological polar surface area (TPSA) is 57.3 Å². The van der Waals surface area contributed by atoms with Gasteiger partial charge in [0, 0.05) is 32.2 Å². The molecule has 0 aliphatic carbocycles. The molecule has 17 heavy (non-hydrogen) atoms. The molecule has 0 spiro atoms. The first-order chi connectivity index (χ1) is 8.26. The molecule has 0 radical (unpaired) electrons. The Balaban J connectivity index is 1.73. The van der Waals surface area contributed by atoms with Crippen LogP contribution in [0.3, 0.4) is 0 Å². The van der Waals surface area contributed by atoms with Gasteiger partial charge < -0.3 is 15.5 Å². The first-order valence-corrected chi connectivity index (χ1v) is 5.95. The third-order valence-electron chi connectivity index (χ3n) is 3.49. The van der Waals surface area contributed by atoms with Crippen molar-refractivity contribution in [2.24, 2.45) is 0 Å². The molecule has 1 aromatic rings. The molecule has 0 aromatic carbocycles. The van der Waals surface area contributed by atoms with Gasteiger partial charge in [0.25, 0.3) is 5.91 Å². The first kappa shape index (κ1) is 10.5.